The number of fused-ring (bicyclic) bond motifs is 17. The molecule has 0 amide bonds. The van der Waals surface area contributed by atoms with Crippen molar-refractivity contribution in [3.63, 3.8) is 0 Å². The standard InChI is InChI=1S/C76H44N2S2/c1-2-16-45(17-3-1)58-38-48-18-4-5-19-51(48)59-39-65-66(40-60(58)59)76(47-32-36-50(37-33-47)78-68-27-13-9-21-53(68)62-42-64-55-23-11-15-29-72(55)80-74(64)44-70(62)78)57-25-7-6-24-56(57)75(65)46-30-34-49(35-31-46)77-67-26-12-8-20-52(67)61-41-63-54-22-10-14-28-71(54)79-73(63)43-69(61)77/h1-44H. The second-order valence-electron chi connectivity index (χ2n) is 21.5. The fraction of sp³-hybridized carbons (Fsp3) is 0. The van der Waals surface area contributed by atoms with Gasteiger partial charge in [0.25, 0.3) is 0 Å². The maximum Gasteiger partial charge on any atom is 0.0555 e. The molecule has 4 heteroatoms. The van der Waals surface area contributed by atoms with Crippen LogP contribution in [0.2, 0.25) is 0 Å². The molecule has 0 spiro atoms. The van der Waals surface area contributed by atoms with Gasteiger partial charge in [-0.2, -0.15) is 0 Å². The highest BCUT2D eigenvalue weighted by molar-refractivity contribution is 7.26. The number of para-hydroxylation sites is 2. The third-order valence-corrected chi connectivity index (χ3v) is 19.5. The molecule has 80 heavy (non-hydrogen) atoms. The van der Waals surface area contributed by atoms with E-state index >= 15 is 0 Å². The van der Waals surface area contributed by atoms with Crippen LogP contribution in [0.1, 0.15) is 0 Å². The topological polar surface area (TPSA) is 9.86 Å². The summed E-state index contributed by atoms with van der Waals surface area (Å²) < 4.78 is 10.2. The average molecular weight is 1050 g/mol. The van der Waals surface area contributed by atoms with E-state index in [-0.39, 0.29) is 0 Å². The molecular weight excluding hydrogens is 1000 g/mol. The molecule has 18 aromatic rings. The number of thiophene rings is 2. The van der Waals surface area contributed by atoms with Crippen molar-refractivity contribution < 1.29 is 0 Å². The fourth-order valence-corrected chi connectivity index (χ4v) is 16.0. The third kappa shape index (κ3) is 6.34. The van der Waals surface area contributed by atoms with Crippen LogP contribution in [-0.4, -0.2) is 9.13 Å². The predicted octanol–water partition coefficient (Wildman–Crippen LogP) is 22.2. The Kier molecular flexibility index (Phi) is 9.29. The van der Waals surface area contributed by atoms with Crippen LogP contribution in [0.3, 0.4) is 0 Å². The Labute approximate surface area is 467 Å². The summed E-state index contributed by atoms with van der Waals surface area (Å²) in [5.74, 6) is 0. The van der Waals surface area contributed by atoms with Gasteiger partial charge in [-0.3, -0.25) is 0 Å². The highest BCUT2D eigenvalue weighted by Gasteiger charge is 2.23. The fourth-order valence-electron chi connectivity index (χ4n) is 13.7. The van der Waals surface area contributed by atoms with Gasteiger partial charge in [-0.15, -0.1) is 22.7 Å². The van der Waals surface area contributed by atoms with Gasteiger partial charge in [-0.05, 0) is 167 Å². The first-order chi connectivity index (χ1) is 39.7. The minimum Gasteiger partial charge on any atom is -0.309 e. The monoisotopic (exact) mass is 1050 g/mol. The Bertz CT molecular complexity index is 5640. The maximum atomic E-state index is 2.52. The maximum absolute atomic E-state index is 2.52. The van der Waals surface area contributed by atoms with E-state index in [4.69, 9.17) is 0 Å². The van der Waals surface area contributed by atoms with E-state index < -0.39 is 0 Å². The molecule has 4 aromatic heterocycles. The molecule has 0 unspecified atom stereocenters. The minimum absolute atomic E-state index is 1.14. The first kappa shape index (κ1) is 44.2. The molecule has 0 aliphatic carbocycles. The normalized spacial score (nSPS) is 12.2. The van der Waals surface area contributed by atoms with Crippen molar-refractivity contribution in [2.75, 3.05) is 0 Å². The van der Waals surface area contributed by atoms with Crippen molar-refractivity contribution in [1.82, 2.24) is 9.13 Å². The van der Waals surface area contributed by atoms with Crippen LogP contribution in [0.5, 0.6) is 0 Å². The SMILES string of the molecule is c1ccc(-c2cc3ccccc3c3cc4c(-c5ccc(-n6c7ccccc7c7cc8c(cc76)sc6ccccc68)cc5)c5ccccc5c(-c5ccc(-n6c7ccccc7c7cc8c(cc76)sc6ccccc68)cc5)c4cc23)cc1. The van der Waals surface area contributed by atoms with Crippen molar-refractivity contribution >= 4 is 150 Å². The molecule has 4 heterocycles. The Morgan fingerprint density at radius 2 is 0.625 bits per heavy atom. The Morgan fingerprint density at radius 1 is 0.212 bits per heavy atom. The van der Waals surface area contributed by atoms with Gasteiger partial charge in [0.2, 0.25) is 0 Å². The molecule has 0 saturated carbocycles. The lowest BCUT2D eigenvalue weighted by molar-refractivity contribution is 1.18. The Morgan fingerprint density at radius 3 is 1.15 bits per heavy atom. The summed E-state index contributed by atoms with van der Waals surface area (Å²) in [4.78, 5) is 0. The first-order valence-corrected chi connectivity index (χ1v) is 29.1. The quantitative estimate of drug-likeness (QED) is 0.120. The lowest BCUT2D eigenvalue weighted by Crippen LogP contribution is -1.96. The predicted molar refractivity (Wildman–Crippen MR) is 347 cm³/mol. The van der Waals surface area contributed by atoms with Gasteiger partial charge in [0, 0.05) is 73.3 Å². The van der Waals surface area contributed by atoms with Crippen LogP contribution in [-0.2, 0) is 0 Å². The van der Waals surface area contributed by atoms with Gasteiger partial charge in [0.15, 0.2) is 0 Å². The smallest absolute Gasteiger partial charge is 0.0555 e. The van der Waals surface area contributed by atoms with E-state index in [1.807, 2.05) is 22.7 Å². The molecule has 2 nitrogen and oxygen atoms in total. The summed E-state index contributed by atoms with van der Waals surface area (Å²) in [7, 11) is 0. The summed E-state index contributed by atoms with van der Waals surface area (Å²) in [6.45, 7) is 0. The highest BCUT2D eigenvalue weighted by atomic mass is 32.1. The first-order valence-electron chi connectivity index (χ1n) is 27.5. The van der Waals surface area contributed by atoms with Crippen molar-refractivity contribution in [2.45, 2.75) is 0 Å². The zero-order valence-electron chi connectivity index (χ0n) is 43.1. The number of aromatic nitrogens is 2. The van der Waals surface area contributed by atoms with Gasteiger partial charge in [-0.1, -0.05) is 176 Å². The largest absolute Gasteiger partial charge is 0.309 e. The van der Waals surface area contributed by atoms with Crippen molar-refractivity contribution in [1.29, 1.82) is 0 Å². The number of nitrogens with zero attached hydrogens (tertiary/aromatic N) is 2. The lowest BCUT2D eigenvalue weighted by atomic mass is 9.83. The van der Waals surface area contributed by atoms with Crippen LogP contribution in [0, 0.1) is 0 Å². The van der Waals surface area contributed by atoms with Crippen LogP contribution in [0.15, 0.2) is 267 Å². The minimum atomic E-state index is 1.14. The van der Waals surface area contributed by atoms with Gasteiger partial charge < -0.3 is 9.13 Å². The van der Waals surface area contributed by atoms with Gasteiger partial charge in [-0.25, -0.2) is 0 Å². The summed E-state index contributed by atoms with van der Waals surface area (Å²) in [6, 6.07) is 100. The van der Waals surface area contributed by atoms with E-state index in [1.54, 1.807) is 0 Å². The van der Waals surface area contributed by atoms with Crippen LogP contribution < -0.4 is 0 Å². The summed E-state index contributed by atoms with van der Waals surface area (Å²) >= 11 is 3.76. The molecule has 0 N–H and O–H groups in total. The number of hydrogen-bond acceptors (Lipinski definition) is 2. The molecular formula is C76H44N2S2. The zero-order chi connectivity index (χ0) is 52.2. The van der Waals surface area contributed by atoms with E-state index in [1.165, 1.54) is 160 Å². The summed E-state index contributed by atoms with van der Waals surface area (Å²) in [5, 5.41) is 20.3. The van der Waals surface area contributed by atoms with Crippen molar-refractivity contribution in [2.24, 2.45) is 0 Å². The summed E-state index contributed by atoms with van der Waals surface area (Å²) in [5.41, 5.74) is 14.5. The molecule has 0 aliphatic rings. The molecule has 0 fully saturated rings. The molecule has 0 atom stereocenters. The Hall–Kier alpha value is -9.84. The third-order valence-electron chi connectivity index (χ3n) is 17.3. The Balaban J connectivity index is 0.872. The molecule has 0 saturated heterocycles. The molecule has 0 bridgehead atoms. The van der Waals surface area contributed by atoms with Crippen molar-refractivity contribution in [3.05, 3.63) is 267 Å². The molecule has 14 aromatic carbocycles. The number of hydrogen-bond donors (Lipinski definition) is 0. The van der Waals surface area contributed by atoms with E-state index in [0.717, 1.165) is 11.4 Å². The lowest BCUT2D eigenvalue weighted by Gasteiger charge is -2.21. The van der Waals surface area contributed by atoms with E-state index in [0.29, 0.717) is 0 Å². The van der Waals surface area contributed by atoms with E-state index in [2.05, 4.69) is 276 Å². The van der Waals surface area contributed by atoms with Gasteiger partial charge in [0.05, 0.1) is 22.1 Å². The summed E-state index contributed by atoms with van der Waals surface area (Å²) in [6.07, 6.45) is 0. The molecule has 0 aliphatic heterocycles. The zero-order valence-corrected chi connectivity index (χ0v) is 44.7. The molecule has 18 rings (SSSR count). The van der Waals surface area contributed by atoms with E-state index in [9.17, 15) is 0 Å². The second-order valence-corrected chi connectivity index (χ2v) is 23.6. The van der Waals surface area contributed by atoms with Crippen LogP contribution in [0.4, 0.5) is 0 Å². The molecule has 0 radical (unpaired) electrons. The van der Waals surface area contributed by atoms with Gasteiger partial charge in [0.1, 0.15) is 0 Å². The van der Waals surface area contributed by atoms with Crippen molar-refractivity contribution in [3.8, 4) is 44.8 Å². The van der Waals surface area contributed by atoms with Gasteiger partial charge >= 0.3 is 0 Å². The van der Waals surface area contributed by atoms with Crippen LogP contribution in [0.25, 0.3) is 172 Å². The average Bonchev–Trinajstić information content (AvgIpc) is 4.34. The number of rotatable bonds is 5. The molecule has 370 valence electrons. The second kappa shape index (κ2) is 16.8. The number of benzene rings is 14. The highest BCUT2D eigenvalue weighted by Crippen LogP contribution is 2.49. The van der Waals surface area contributed by atoms with Crippen LogP contribution >= 0.6 is 22.7 Å².